The molecule has 0 aliphatic heterocycles. The van der Waals surface area contributed by atoms with Gasteiger partial charge in [-0.25, -0.2) is 0 Å². The number of anilines is 1. The van der Waals surface area contributed by atoms with Crippen molar-refractivity contribution in [3.63, 3.8) is 0 Å². The summed E-state index contributed by atoms with van der Waals surface area (Å²) in [6.45, 7) is 0.558. The number of nitrogens with one attached hydrogen (secondary N) is 1. The number of carbonyl (C=O) groups excluding carboxylic acids is 3. The summed E-state index contributed by atoms with van der Waals surface area (Å²) < 4.78 is 1.20. The van der Waals surface area contributed by atoms with Crippen LogP contribution in [-0.2, 0) is 4.79 Å². The van der Waals surface area contributed by atoms with Crippen molar-refractivity contribution in [3.8, 4) is 0 Å². The number of hydrogen-bond acceptors (Lipinski definition) is 5. The second kappa shape index (κ2) is 9.96. The fourth-order valence-electron chi connectivity index (χ4n) is 2.03. The predicted octanol–water partition coefficient (Wildman–Crippen LogP) is 1.95. The normalized spacial score (nSPS) is 11.8. The Hall–Kier alpha value is 0.230. The minimum Gasteiger partial charge on any atom is -0.394 e. The van der Waals surface area contributed by atoms with Crippen LogP contribution >= 0.6 is 79.4 Å². The van der Waals surface area contributed by atoms with E-state index in [-0.39, 0.29) is 17.7 Å². The summed E-state index contributed by atoms with van der Waals surface area (Å²) in [7, 11) is 1.45. The maximum Gasteiger partial charge on any atom is 0.254 e. The van der Waals surface area contributed by atoms with Crippen molar-refractivity contribution in [1.82, 2.24) is 5.32 Å². The molecule has 2 amide bonds. The Morgan fingerprint density at radius 2 is 1.68 bits per heavy atom. The second-order valence-electron chi connectivity index (χ2n) is 4.86. The molecule has 25 heavy (non-hydrogen) atoms. The van der Waals surface area contributed by atoms with Gasteiger partial charge in [-0.1, -0.05) is 0 Å². The number of benzene rings is 1. The lowest BCUT2D eigenvalue weighted by atomic mass is 10.1. The van der Waals surface area contributed by atoms with Gasteiger partial charge in [0, 0.05) is 17.5 Å². The summed E-state index contributed by atoms with van der Waals surface area (Å²) in [5.74, 6) is -0.850. The lowest BCUT2D eigenvalue weighted by molar-refractivity contribution is -0.117. The molecule has 0 bridgehead atoms. The highest BCUT2D eigenvalue weighted by Crippen LogP contribution is 2.38. The average molecular weight is 706 g/mol. The van der Waals surface area contributed by atoms with E-state index in [0.29, 0.717) is 16.4 Å². The van der Waals surface area contributed by atoms with Gasteiger partial charge in [0.15, 0.2) is 0 Å². The molecule has 0 radical (unpaired) electrons. The highest BCUT2D eigenvalue weighted by molar-refractivity contribution is 14.1. The number of nitrogens with zero attached hydrogens (tertiary/aromatic N) is 1. The van der Waals surface area contributed by atoms with Crippen LogP contribution < -0.4 is 10.2 Å². The third-order valence-electron chi connectivity index (χ3n) is 3.20. The molecule has 1 aromatic carbocycles. The van der Waals surface area contributed by atoms with Gasteiger partial charge < -0.3 is 20.4 Å². The van der Waals surface area contributed by atoms with Crippen LogP contribution in [0.3, 0.4) is 0 Å². The fourth-order valence-corrected chi connectivity index (χ4v) is 7.27. The number of aliphatic hydroxyl groups is 2. The number of amides is 2. The Morgan fingerprint density at radius 3 is 2.08 bits per heavy atom. The smallest absolute Gasteiger partial charge is 0.254 e. The lowest BCUT2D eigenvalue weighted by Crippen LogP contribution is -2.39. The van der Waals surface area contributed by atoms with Gasteiger partial charge in [0.1, 0.15) is 0 Å². The van der Waals surface area contributed by atoms with Crippen LogP contribution in [0.25, 0.3) is 0 Å². The summed E-state index contributed by atoms with van der Waals surface area (Å²) in [4.78, 5) is 37.5. The van der Waals surface area contributed by atoms with Crippen molar-refractivity contribution < 1.29 is 24.6 Å². The van der Waals surface area contributed by atoms with E-state index in [2.05, 4.69) is 5.32 Å². The van der Waals surface area contributed by atoms with Gasteiger partial charge in [-0.05, 0) is 79.4 Å². The van der Waals surface area contributed by atoms with Crippen LogP contribution in [0.1, 0.15) is 27.6 Å². The van der Waals surface area contributed by atoms with E-state index in [1.54, 1.807) is 0 Å². The molecule has 3 N–H and O–H groups in total. The molecule has 0 aliphatic carbocycles. The molecule has 1 atom stereocenters. The molecule has 0 fully saturated rings. The molecule has 0 aromatic heterocycles. The number of aliphatic hydroxyl groups excluding tert-OH is 2. The summed E-state index contributed by atoms with van der Waals surface area (Å²) >= 11 is 11.4. The molecule has 0 heterocycles. The monoisotopic (exact) mass is 706 g/mol. The number of carbonyl (C=O) groups is 3. The van der Waals surface area contributed by atoms with Crippen molar-refractivity contribution in [2.24, 2.45) is 0 Å². The SMILES string of the molecule is CNC(=O)c1c(I)c(C(=O)Cl)c(I)c(N(CC(O)CO)C(C)=O)c1I. The average Bonchev–Trinajstić information content (AvgIpc) is 2.52. The zero-order valence-electron chi connectivity index (χ0n) is 13.1. The highest BCUT2D eigenvalue weighted by atomic mass is 127. The summed E-state index contributed by atoms with van der Waals surface area (Å²) in [5.41, 5.74) is 0.624. The van der Waals surface area contributed by atoms with Crippen LogP contribution in [0, 0.1) is 10.7 Å². The van der Waals surface area contributed by atoms with Crippen molar-refractivity contribution in [2.75, 3.05) is 25.1 Å². The van der Waals surface area contributed by atoms with Gasteiger partial charge >= 0.3 is 0 Å². The first-order valence-electron chi connectivity index (χ1n) is 6.77. The van der Waals surface area contributed by atoms with E-state index in [4.69, 9.17) is 16.7 Å². The maximum atomic E-state index is 12.3. The van der Waals surface area contributed by atoms with Crippen molar-refractivity contribution >= 4 is 102 Å². The number of rotatable bonds is 6. The van der Waals surface area contributed by atoms with Crippen molar-refractivity contribution in [2.45, 2.75) is 13.0 Å². The van der Waals surface area contributed by atoms with Crippen molar-refractivity contribution in [1.29, 1.82) is 0 Å². The molecule has 0 spiro atoms. The standard InChI is InChI=1S/C14H14ClI3N2O5/c1-5(22)20(3-6(23)4-21)12-10(17)7(13(15)24)9(16)8(11(12)18)14(25)19-2/h6,21,23H,3-4H2,1-2H3,(H,19,25). The molecule has 0 aliphatic rings. The minimum absolute atomic E-state index is 0.113. The molecule has 0 saturated carbocycles. The lowest BCUT2D eigenvalue weighted by Gasteiger charge is -2.28. The second-order valence-corrected chi connectivity index (χ2v) is 8.44. The van der Waals surface area contributed by atoms with E-state index < -0.39 is 29.8 Å². The largest absolute Gasteiger partial charge is 0.394 e. The molecule has 1 aromatic rings. The van der Waals surface area contributed by atoms with E-state index in [0.717, 1.165) is 0 Å². The first kappa shape index (κ1) is 23.3. The molecule has 138 valence electrons. The Labute approximate surface area is 190 Å². The van der Waals surface area contributed by atoms with E-state index in [1.165, 1.54) is 18.9 Å². The molecule has 1 unspecified atom stereocenters. The maximum absolute atomic E-state index is 12.3. The van der Waals surface area contributed by atoms with Gasteiger partial charge in [-0.15, -0.1) is 0 Å². The van der Waals surface area contributed by atoms with E-state index in [1.807, 2.05) is 67.8 Å². The highest BCUT2D eigenvalue weighted by Gasteiger charge is 2.31. The topological polar surface area (TPSA) is 107 Å². The zero-order valence-corrected chi connectivity index (χ0v) is 20.3. The summed E-state index contributed by atoms with van der Waals surface area (Å²) in [5, 5.41) is 20.6. The van der Waals surface area contributed by atoms with Crippen LogP contribution in [-0.4, -0.2) is 53.6 Å². The molecule has 7 nitrogen and oxygen atoms in total. The fraction of sp³-hybridized carbons (Fsp3) is 0.357. The van der Waals surface area contributed by atoms with Gasteiger partial charge in [-0.3, -0.25) is 14.4 Å². The van der Waals surface area contributed by atoms with Gasteiger partial charge in [0.2, 0.25) is 5.91 Å². The molecular weight excluding hydrogens is 692 g/mol. The Kier molecular flexibility index (Phi) is 9.27. The van der Waals surface area contributed by atoms with Crippen LogP contribution in [0.4, 0.5) is 5.69 Å². The number of hydrogen-bond donors (Lipinski definition) is 3. The Morgan fingerprint density at radius 1 is 1.16 bits per heavy atom. The molecule has 0 saturated heterocycles. The predicted molar refractivity (Wildman–Crippen MR) is 119 cm³/mol. The van der Waals surface area contributed by atoms with Crippen LogP contribution in [0.2, 0.25) is 0 Å². The third-order valence-corrected chi connectivity index (χ3v) is 6.57. The third kappa shape index (κ3) is 5.15. The van der Waals surface area contributed by atoms with Crippen molar-refractivity contribution in [3.05, 3.63) is 21.8 Å². The molecule has 1 rings (SSSR count). The zero-order chi connectivity index (χ0) is 19.5. The summed E-state index contributed by atoms with van der Waals surface area (Å²) in [6, 6.07) is 0. The molecule has 11 heteroatoms. The van der Waals surface area contributed by atoms with Gasteiger partial charge in [0.05, 0.1) is 43.2 Å². The first-order valence-corrected chi connectivity index (χ1v) is 10.4. The minimum atomic E-state index is -1.17. The van der Waals surface area contributed by atoms with Gasteiger partial charge in [0.25, 0.3) is 11.1 Å². The van der Waals surface area contributed by atoms with Crippen LogP contribution in [0.5, 0.6) is 0 Å². The quantitative estimate of drug-likeness (QED) is 0.310. The summed E-state index contributed by atoms with van der Waals surface area (Å²) in [6.07, 6.45) is -1.17. The Balaban J connectivity index is 3.84. The first-order chi connectivity index (χ1) is 11.6. The van der Waals surface area contributed by atoms with Gasteiger partial charge in [-0.2, -0.15) is 0 Å². The van der Waals surface area contributed by atoms with E-state index in [9.17, 15) is 19.5 Å². The Bertz CT molecular complexity index is 729. The van der Waals surface area contributed by atoms with Crippen LogP contribution in [0.15, 0.2) is 0 Å². The number of halogens is 4. The molecular formula is C14H14ClI3N2O5. The van der Waals surface area contributed by atoms with E-state index >= 15 is 0 Å².